The molecule has 0 aliphatic carbocycles. The summed E-state index contributed by atoms with van der Waals surface area (Å²) in [5, 5.41) is -0.364. The summed E-state index contributed by atoms with van der Waals surface area (Å²) in [4.78, 5) is 0. The van der Waals surface area contributed by atoms with Crippen molar-refractivity contribution in [2.45, 2.75) is 12.8 Å². The van der Waals surface area contributed by atoms with Gasteiger partial charge in [0, 0.05) is 11.1 Å². The molecule has 0 unspecified atom stereocenters. The average Bonchev–Trinajstić information content (AvgIpc) is 2.41. The van der Waals surface area contributed by atoms with Crippen LogP contribution in [0.1, 0.15) is 5.56 Å². The van der Waals surface area contributed by atoms with Crippen LogP contribution in [0.4, 0.5) is 22.0 Å². The van der Waals surface area contributed by atoms with Gasteiger partial charge in [-0.1, -0.05) is 46.9 Å². The zero-order valence-corrected chi connectivity index (χ0v) is 13.2. The maximum Gasteiger partial charge on any atom is 0.420 e. The van der Waals surface area contributed by atoms with Gasteiger partial charge in [-0.25, -0.2) is 0 Å². The molecule has 2 aromatic carbocycles. The Morgan fingerprint density at radius 1 is 0.913 bits per heavy atom. The lowest BCUT2D eigenvalue weighted by molar-refractivity contribution is -0.141. The van der Waals surface area contributed by atoms with Gasteiger partial charge in [-0.05, 0) is 18.2 Å². The Bertz CT molecular complexity index is 731. The van der Waals surface area contributed by atoms with Crippen LogP contribution in [0.2, 0.25) is 15.1 Å². The fourth-order valence-corrected chi connectivity index (χ4v) is 2.73. The molecule has 0 bridgehead atoms. The Morgan fingerprint density at radius 2 is 1.52 bits per heavy atom. The zero-order valence-electron chi connectivity index (χ0n) is 10.9. The molecule has 0 radical (unpaired) electrons. The quantitative estimate of drug-likeness (QED) is 0.407. The third-order valence-electron chi connectivity index (χ3n) is 2.84. The number of hydrogen-bond donors (Lipinski definition) is 0. The highest BCUT2D eigenvalue weighted by Crippen LogP contribution is 2.48. The maximum absolute atomic E-state index is 13.4. The van der Waals surface area contributed by atoms with Gasteiger partial charge in [0.25, 0.3) is 0 Å². The number of benzene rings is 2. The normalized spacial score (nSPS) is 11.9. The van der Waals surface area contributed by atoms with Crippen LogP contribution in [0.5, 0.6) is 5.75 Å². The van der Waals surface area contributed by atoms with E-state index in [0.717, 1.165) is 18.2 Å². The van der Waals surface area contributed by atoms with Gasteiger partial charge < -0.3 is 4.74 Å². The van der Waals surface area contributed by atoms with Crippen LogP contribution >= 0.6 is 34.8 Å². The molecule has 2 aromatic rings. The number of ether oxygens (including phenoxy) is 1. The second-order valence-corrected chi connectivity index (χ2v) is 5.47. The monoisotopic (exact) mass is 390 g/mol. The molecular weight excluding hydrogens is 386 g/mol. The Morgan fingerprint density at radius 3 is 2.09 bits per heavy atom. The molecule has 1 nitrogen and oxygen atoms in total. The highest BCUT2D eigenvalue weighted by molar-refractivity contribution is 6.46. The van der Waals surface area contributed by atoms with Crippen molar-refractivity contribution >= 4 is 34.8 Å². The second-order valence-electron chi connectivity index (χ2n) is 4.27. The van der Waals surface area contributed by atoms with Crippen LogP contribution in [0.3, 0.4) is 0 Å². The van der Waals surface area contributed by atoms with E-state index >= 15 is 0 Å². The summed E-state index contributed by atoms with van der Waals surface area (Å²) in [5.74, 6) is -1.03. The first kappa shape index (κ1) is 18.1. The van der Waals surface area contributed by atoms with E-state index in [9.17, 15) is 22.0 Å². The molecule has 0 N–H and O–H groups in total. The molecule has 0 spiro atoms. The molecule has 23 heavy (non-hydrogen) atoms. The fourth-order valence-electron chi connectivity index (χ4n) is 2.00. The molecule has 124 valence electrons. The van der Waals surface area contributed by atoms with E-state index in [1.54, 1.807) is 0 Å². The van der Waals surface area contributed by atoms with Crippen molar-refractivity contribution in [3.05, 3.63) is 51.0 Å². The predicted octanol–water partition coefficient (Wildman–Crippen LogP) is 6.93. The van der Waals surface area contributed by atoms with E-state index in [2.05, 4.69) is 4.74 Å². The van der Waals surface area contributed by atoms with Crippen molar-refractivity contribution in [3.8, 4) is 16.9 Å². The van der Waals surface area contributed by atoms with Gasteiger partial charge in [0.15, 0.2) is 0 Å². The van der Waals surface area contributed by atoms with Crippen LogP contribution in [0.15, 0.2) is 30.3 Å². The molecule has 2 rings (SSSR count). The number of alkyl halides is 5. The van der Waals surface area contributed by atoms with Crippen LogP contribution < -0.4 is 4.74 Å². The molecule has 0 saturated heterocycles. The SMILES string of the molecule is FC(F)Oc1cccc(-c2c(Cl)ccc(Cl)c2Cl)c1C(F)(F)F. The summed E-state index contributed by atoms with van der Waals surface area (Å²) in [7, 11) is 0. The van der Waals surface area contributed by atoms with Crippen molar-refractivity contribution in [1.82, 2.24) is 0 Å². The number of hydrogen-bond acceptors (Lipinski definition) is 1. The highest BCUT2D eigenvalue weighted by Gasteiger charge is 2.39. The van der Waals surface area contributed by atoms with E-state index in [1.807, 2.05) is 0 Å². The fraction of sp³-hybridized carbons (Fsp3) is 0.143. The third-order valence-corrected chi connectivity index (χ3v) is 3.96. The van der Waals surface area contributed by atoms with Gasteiger partial charge in [-0.2, -0.15) is 22.0 Å². The second kappa shape index (κ2) is 6.71. The third kappa shape index (κ3) is 3.82. The molecule has 0 aliphatic rings. The first-order valence-electron chi connectivity index (χ1n) is 5.91. The summed E-state index contributed by atoms with van der Waals surface area (Å²) in [6.45, 7) is -3.42. The number of halogens is 8. The standard InChI is InChI=1S/C14H6Cl3F5O/c15-7-4-5-8(16)12(17)10(7)6-2-1-3-9(23-13(18)19)11(6)14(20,21)22/h1-5,13H. The molecule has 0 atom stereocenters. The predicted molar refractivity (Wildman–Crippen MR) is 78.5 cm³/mol. The van der Waals surface area contributed by atoms with Crippen LogP contribution in [-0.4, -0.2) is 6.61 Å². The Balaban J connectivity index is 2.81. The van der Waals surface area contributed by atoms with E-state index < -0.39 is 29.7 Å². The van der Waals surface area contributed by atoms with Crippen molar-refractivity contribution < 1.29 is 26.7 Å². The molecule has 0 fully saturated rings. The lowest BCUT2D eigenvalue weighted by Gasteiger charge is -2.19. The van der Waals surface area contributed by atoms with E-state index in [4.69, 9.17) is 34.8 Å². The van der Waals surface area contributed by atoms with Gasteiger partial charge in [-0.15, -0.1) is 0 Å². The first-order chi connectivity index (χ1) is 10.6. The van der Waals surface area contributed by atoms with Crippen LogP contribution in [0.25, 0.3) is 11.1 Å². The summed E-state index contributed by atoms with van der Waals surface area (Å²) in [5.41, 5.74) is -2.13. The summed E-state index contributed by atoms with van der Waals surface area (Å²) in [6, 6.07) is 5.51. The van der Waals surface area contributed by atoms with Crippen molar-refractivity contribution in [1.29, 1.82) is 0 Å². The Kier molecular flexibility index (Phi) is 5.28. The molecular formula is C14H6Cl3F5O. The summed E-state index contributed by atoms with van der Waals surface area (Å²) < 4.78 is 68.8. The van der Waals surface area contributed by atoms with Gasteiger partial charge in [0.1, 0.15) is 11.3 Å². The topological polar surface area (TPSA) is 9.23 Å². The van der Waals surface area contributed by atoms with Gasteiger partial charge in [0.2, 0.25) is 0 Å². The van der Waals surface area contributed by atoms with Gasteiger partial charge in [0.05, 0.1) is 15.1 Å². The van der Waals surface area contributed by atoms with Crippen LogP contribution in [-0.2, 0) is 6.18 Å². The molecule has 0 saturated carbocycles. The van der Waals surface area contributed by atoms with E-state index in [1.165, 1.54) is 12.1 Å². The van der Waals surface area contributed by atoms with Gasteiger partial charge in [-0.3, -0.25) is 0 Å². The van der Waals surface area contributed by atoms with Crippen molar-refractivity contribution in [2.75, 3.05) is 0 Å². The lowest BCUT2D eigenvalue weighted by atomic mass is 9.98. The maximum atomic E-state index is 13.4. The average molecular weight is 392 g/mol. The zero-order chi connectivity index (χ0) is 17.4. The Hall–Kier alpha value is -1.24. The minimum atomic E-state index is -4.98. The van der Waals surface area contributed by atoms with Gasteiger partial charge >= 0.3 is 12.8 Å². The van der Waals surface area contributed by atoms with E-state index in [-0.39, 0.29) is 20.6 Å². The molecule has 0 amide bonds. The first-order valence-corrected chi connectivity index (χ1v) is 7.05. The molecule has 0 aliphatic heterocycles. The van der Waals surface area contributed by atoms with Crippen LogP contribution in [0, 0.1) is 0 Å². The minimum Gasteiger partial charge on any atom is -0.434 e. The minimum absolute atomic E-state index is 0.0284. The highest BCUT2D eigenvalue weighted by atomic mass is 35.5. The molecule has 0 heterocycles. The Labute approximate surface area is 142 Å². The van der Waals surface area contributed by atoms with Crippen molar-refractivity contribution in [3.63, 3.8) is 0 Å². The summed E-state index contributed by atoms with van der Waals surface area (Å²) in [6.07, 6.45) is -4.98. The van der Waals surface area contributed by atoms with E-state index in [0.29, 0.717) is 0 Å². The smallest absolute Gasteiger partial charge is 0.420 e. The number of rotatable bonds is 3. The molecule has 0 aromatic heterocycles. The summed E-state index contributed by atoms with van der Waals surface area (Å²) >= 11 is 17.7. The van der Waals surface area contributed by atoms with Crippen molar-refractivity contribution in [2.24, 2.45) is 0 Å². The largest absolute Gasteiger partial charge is 0.434 e. The molecule has 9 heteroatoms. The lowest BCUT2D eigenvalue weighted by Crippen LogP contribution is -2.13.